The molecule has 1 heterocycles. The molecule has 2 heteroatoms. The highest BCUT2D eigenvalue weighted by atomic mass is 15.1. The van der Waals surface area contributed by atoms with Gasteiger partial charge in [-0.1, -0.05) is 0 Å². The second kappa shape index (κ2) is 3.35. The molecule has 1 unspecified atom stereocenters. The summed E-state index contributed by atoms with van der Waals surface area (Å²) in [7, 11) is 4.31. The SMILES string of the molecule is C[C@@H](C1CCNC1)N(C)C. The molecule has 1 saturated heterocycles. The number of hydrogen-bond acceptors (Lipinski definition) is 2. The van der Waals surface area contributed by atoms with Gasteiger partial charge in [0, 0.05) is 6.04 Å². The van der Waals surface area contributed by atoms with E-state index < -0.39 is 0 Å². The van der Waals surface area contributed by atoms with E-state index in [0.29, 0.717) is 0 Å². The monoisotopic (exact) mass is 142 g/mol. The normalized spacial score (nSPS) is 29.4. The van der Waals surface area contributed by atoms with Gasteiger partial charge in [0.25, 0.3) is 0 Å². The van der Waals surface area contributed by atoms with Gasteiger partial charge in [-0.05, 0) is 46.4 Å². The lowest BCUT2D eigenvalue weighted by molar-refractivity contribution is 0.238. The third-order valence-corrected chi connectivity index (χ3v) is 2.60. The Kier molecular flexibility index (Phi) is 2.69. The highest BCUT2D eigenvalue weighted by Crippen LogP contribution is 2.15. The van der Waals surface area contributed by atoms with Crippen LogP contribution in [-0.4, -0.2) is 38.1 Å². The van der Waals surface area contributed by atoms with Crippen molar-refractivity contribution in [2.24, 2.45) is 5.92 Å². The lowest BCUT2D eigenvalue weighted by Crippen LogP contribution is -2.33. The van der Waals surface area contributed by atoms with Crippen LogP contribution in [0, 0.1) is 5.92 Å². The molecule has 0 radical (unpaired) electrons. The smallest absolute Gasteiger partial charge is 0.0102 e. The Bertz CT molecular complexity index is 95.4. The van der Waals surface area contributed by atoms with Crippen molar-refractivity contribution in [3.8, 4) is 0 Å². The van der Waals surface area contributed by atoms with Gasteiger partial charge in [0.2, 0.25) is 0 Å². The Morgan fingerprint density at radius 2 is 2.20 bits per heavy atom. The van der Waals surface area contributed by atoms with Crippen molar-refractivity contribution in [3.63, 3.8) is 0 Å². The van der Waals surface area contributed by atoms with Crippen molar-refractivity contribution in [2.75, 3.05) is 27.2 Å². The molecule has 0 bridgehead atoms. The van der Waals surface area contributed by atoms with Crippen LogP contribution in [-0.2, 0) is 0 Å². The molecule has 1 rings (SSSR count). The molecule has 0 spiro atoms. The molecular formula is C8H18N2. The van der Waals surface area contributed by atoms with Crippen LogP contribution in [0.25, 0.3) is 0 Å². The van der Waals surface area contributed by atoms with Crippen LogP contribution in [0.4, 0.5) is 0 Å². The molecule has 0 aromatic carbocycles. The summed E-state index contributed by atoms with van der Waals surface area (Å²) in [5.74, 6) is 0.870. The molecule has 1 aliphatic rings. The van der Waals surface area contributed by atoms with Gasteiger partial charge in [0.1, 0.15) is 0 Å². The van der Waals surface area contributed by atoms with Crippen molar-refractivity contribution >= 4 is 0 Å². The van der Waals surface area contributed by atoms with Crippen LogP contribution < -0.4 is 5.32 Å². The highest BCUT2D eigenvalue weighted by molar-refractivity contribution is 4.79. The summed E-state index contributed by atoms with van der Waals surface area (Å²) in [6, 6.07) is 0.731. The van der Waals surface area contributed by atoms with Crippen molar-refractivity contribution < 1.29 is 0 Å². The average Bonchev–Trinajstić information content (AvgIpc) is 2.36. The first-order chi connectivity index (χ1) is 4.72. The fraction of sp³-hybridized carbons (Fsp3) is 1.00. The van der Waals surface area contributed by atoms with Crippen LogP contribution >= 0.6 is 0 Å². The maximum absolute atomic E-state index is 3.38. The second-order valence-electron chi connectivity index (χ2n) is 3.46. The first-order valence-corrected chi connectivity index (χ1v) is 4.09. The van der Waals surface area contributed by atoms with E-state index in [1.54, 1.807) is 0 Å². The Hall–Kier alpha value is -0.0800. The standard InChI is InChI=1S/C8H18N2/c1-7(10(2)3)8-4-5-9-6-8/h7-9H,4-6H2,1-3H3/t7-,8?/m0/s1. The van der Waals surface area contributed by atoms with Gasteiger partial charge in [0.15, 0.2) is 0 Å². The predicted octanol–water partition coefficient (Wildman–Crippen LogP) is 0.546. The number of nitrogens with zero attached hydrogens (tertiary/aromatic N) is 1. The molecule has 2 atom stereocenters. The van der Waals surface area contributed by atoms with Crippen molar-refractivity contribution in [1.82, 2.24) is 10.2 Å². The minimum absolute atomic E-state index is 0.731. The molecule has 0 saturated carbocycles. The summed E-state index contributed by atoms with van der Waals surface area (Å²) >= 11 is 0. The predicted molar refractivity (Wildman–Crippen MR) is 44.1 cm³/mol. The highest BCUT2D eigenvalue weighted by Gasteiger charge is 2.21. The summed E-state index contributed by atoms with van der Waals surface area (Å²) in [5, 5.41) is 3.38. The zero-order chi connectivity index (χ0) is 7.56. The first kappa shape index (κ1) is 8.02. The summed E-state index contributed by atoms with van der Waals surface area (Å²) in [5.41, 5.74) is 0. The molecule has 60 valence electrons. The van der Waals surface area contributed by atoms with Crippen molar-refractivity contribution in [1.29, 1.82) is 0 Å². The van der Waals surface area contributed by atoms with Crippen LogP contribution in [0.3, 0.4) is 0 Å². The molecule has 10 heavy (non-hydrogen) atoms. The topological polar surface area (TPSA) is 15.3 Å². The van der Waals surface area contributed by atoms with Gasteiger partial charge in [-0.15, -0.1) is 0 Å². The number of rotatable bonds is 2. The van der Waals surface area contributed by atoms with Gasteiger partial charge in [-0.25, -0.2) is 0 Å². The molecular weight excluding hydrogens is 124 g/mol. The minimum atomic E-state index is 0.731. The maximum atomic E-state index is 3.38. The third kappa shape index (κ3) is 1.70. The Morgan fingerprint density at radius 1 is 1.50 bits per heavy atom. The molecule has 1 fully saturated rings. The quantitative estimate of drug-likeness (QED) is 0.605. The zero-order valence-corrected chi connectivity index (χ0v) is 7.22. The van der Waals surface area contributed by atoms with Gasteiger partial charge >= 0.3 is 0 Å². The number of hydrogen-bond donors (Lipinski definition) is 1. The maximum Gasteiger partial charge on any atom is 0.0102 e. The van der Waals surface area contributed by atoms with Gasteiger partial charge in [0.05, 0.1) is 0 Å². The Labute approximate surface area is 63.6 Å². The van der Waals surface area contributed by atoms with E-state index in [9.17, 15) is 0 Å². The average molecular weight is 142 g/mol. The minimum Gasteiger partial charge on any atom is -0.316 e. The lowest BCUT2D eigenvalue weighted by atomic mass is 10.00. The van der Waals surface area contributed by atoms with E-state index >= 15 is 0 Å². The van der Waals surface area contributed by atoms with E-state index in [2.05, 4.69) is 31.2 Å². The van der Waals surface area contributed by atoms with Crippen LogP contribution in [0.15, 0.2) is 0 Å². The van der Waals surface area contributed by atoms with Gasteiger partial charge < -0.3 is 10.2 Å². The zero-order valence-electron chi connectivity index (χ0n) is 7.22. The number of nitrogens with one attached hydrogen (secondary N) is 1. The van der Waals surface area contributed by atoms with E-state index in [0.717, 1.165) is 12.0 Å². The largest absolute Gasteiger partial charge is 0.316 e. The molecule has 0 aromatic heterocycles. The van der Waals surface area contributed by atoms with Gasteiger partial charge in [-0.2, -0.15) is 0 Å². The Balaban J connectivity index is 2.32. The summed E-state index contributed by atoms with van der Waals surface area (Å²) in [6.07, 6.45) is 1.35. The van der Waals surface area contributed by atoms with E-state index in [4.69, 9.17) is 0 Å². The molecule has 1 N–H and O–H groups in total. The Morgan fingerprint density at radius 3 is 2.60 bits per heavy atom. The molecule has 0 aliphatic carbocycles. The second-order valence-corrected chi connectivity index (χ2v) is 3.46. The van der Waals surface area contributed by atoms with Crippen molar-refractivity contribution in [2.45, 2.75) is 19.4 Å². The molecule has 1 aliphatic heterocycles. The summed E-state index contributed by atoms with van der Waals surface area (Å²) in [4.78, 5) is 2.30. The van der Waals surface area contributed by atoms with Gasteiger partial charge in [-0.3, -0.25) is 0 Å². The fourth-order valence-electron chi connectivity index (χ4n) is 1.51. The van der Waals surface area contributed by atoms with Crippen LogP contribution in [0.5, 0.6) is 0 Å². The molecule has 2 nitrogen and oxygen atoms in total. The van der Waals surface area contributed by atoms with E-state index in [1.807, 2.05) is 0 Å². The summed E-state index contributed by atoms with van der Waals surface area (Å²) in [6.45, 7) is 4.72. The molecule has 0 aromatic rings. The van der Waals surface area contributed by atoms with Crippen LogP contribution in [0.1, 0.15) is 13.3 Å². The van der Waals surface area contributed by atoms with E-state index in [1.165, 1.54) is 19.5 Å². The first-order valence-electron chi connectivity index (χ1n) is 4.09. The van der Waals surface area contributed by atoms with Crippen LogP contribution in [0.2, 0.25) is 0 Å². The fourth-order valence-corrected chi connectivity index (χ4v) is 1.51. The summed E-state index contributed by atoms with van der Waals surface area (Å²) < 4.78 is 0. The van der Waals surface area contributed by atoms with Crippen molar-refractivity contribution in [3.05, 3.63) is 0 Å². The van der Waals surface area contributed by atoms with E-state index in [-0.39, 0.29) is 0 Å². The molecule has 0 amide bonds. The third-order valence-electron chi connectivity index (χ3n) is 2.60. The lowest BCUT2D eigenvalue weighted by Gasteiger charge is -2.25.